The number of ether oxygens (including phenoxy) is 1. The summed E-state index contributed by atoms with van der Waals surface area (Å²) in [4.78, 5) is 55.1. The lowest BCUT2D eigenvalue weighted by atomic mass is 9.33. The first kappa shape index (κ1) is 39.4. The molecule has 0 bridgehead atoms. The second kappa shape index (κ2) is 13.2. The maximum Gasteiger partial charge on any atom is 0.309 e. The number of aliphatic hydroxyl groups excluding tert-OH is 1. The number of rotatable bonds is 8. The smallest absolute Gasteiger partial charge is 0.309 e. The zero-order valence-electron chi connectivity index (χ0n) is 33.9. The number of carbonyl (C=O) groups is 4. The van der Waals surface area contributed by atoms with Gasteiger partial charge in [-0.25, -0.2) is 0 Å². The summed E-state index contributed by atoms with van der Waals surface area (Å²) in [6.45, 7) is 24.6. The molecule has 292 valence electrons. The number of Topliss-reactive ketones (excluding diaryl/α,β-unsaturated/α-hetero) is 1. The first-order valence-corrected chi connectivity index (χ1v) is 20.4. The number of nitrogens with zero attached hydrogens (tertiary/aromatic N) is 2. The molecule has 0 aromatic heterocycles. The van der Waals surface area contributed by atoms with Crippen LogP contribution >= 0.6 is 0 Å². The van der Waals surface area contributed by atoms with E-state index < -0.39 is 28.9 Å². The number of aliphatic carboxylic acids is 1. The molecule has 9 nitrogen and oxygen atoms in total. The van der Waals surface area contributed by atoms with Crippen LogP contribution < -0.4 is 0 Å². The van der Waals surface area contributed by atoms with E-state index in [1.807, 2.05) is 4.90 Å². The van der Waals surface area contributed by atoms with E-state index in [2.05, 4.69) is 53.4 Å². The monoisotopic (exact) mass is 725 g/mol. The normalized spacial score (nSPS) is 39.7. The van der Waals surface area contributed by atoms with Crippen LogP contribution in [-0.2, 0) is 23.9 Å². The van der Waals surface area contributed by atoms with Crippen LogP contribution in [-0.4, -0.2) is 88.6 Å². The Labute approximate surface area is 312 Å². The van der Waals surface area contributed by atoms with Gasteiger partial charge in [-0.15, -0.1) is 0 Å². The zero-order chi connectivity index (χ0) is 38.4. The van der Waals surface area contributed by atoms with Crippen LogP contribution in [0.25, 0.3) is 0 Å². The van der Waals surface area contributed by atoms with E-state index in [9.17, 15) is 29.4 Å². The number of β-amino-alcohol motifs (C(OH)–C–C–N with tert-alkyl or cyclic N) is 1. The van der Waals surface area contributed by atoms with Crippen molar-refractivity contribution in [3.63, 3.8) is 0 Å². The first-order valence-electron chi connectivity index (χ1n) is 20.4. The molecule has 0 spiro atoms. The summed E-state index contributed by atoms with van der Waals surface area (Å²) in [5.41, 5.74) is 0.438. The van der Waals surface area contributed by atoms with Gasteiger partial charge in [0.05, 0.1) is 17.9 Å². The number of piperazine rings is 1. The fourth-order valence-electron chi connectivity index (χ4n) is 13.6. The Morgan fingerprint density at radius 1 is 0.885 bits per heavy atom. The topological polar surface area (TPSA) is 124 Å². The van der Waals surface area contributed by atoms with Gasteiger partial charge < -0.3 is 19.8 Å². The molecular formula is C43H68N2O7. The van der Waals surface area contributed by atoms with Crippen molar-refractivity contribution in [2.24, 2.45) is 56.2 Å². The average Bonchev–Trinajstić information content (AvgIpc) is 3.36. The summed E-state index contributed by atoms with van der Waals surface area (Å²) in [5, 5.41) is 21.9. The van der Waals surface area contributed by atoms with Crippen molar-refractivity contribution in [1.29, 1.82) is 0 Å². The minimum Gasteiger partial charge on any atom is -0.481 e. The van der Waals surface area contributed by atoms with Gasteiger partial charge in [-0.2, -0.15) is 0 Å². The molecular weight excluding hydrogens is 656 g/mol. The van der Waals surface area contributed by atoms with Crippen molar-refractivity contribution in [3.05, 3.63) is 11.1 Å². The third-order valence-corrected chi connectivity index (χ3v) is 16.7. The highest BCUT2D eigenvalue weighted by atomic mass is 16.5. The second-order valence-corrected chi connectivity index (χ2v) is 20.4. The summed E-state index contributed by atoms with van der Waals surface area (Å²) in [6, 6.07) is 0. The van der Waals surface area contributed by atoms with Gasteiger partial charge in [-0.3, -0.25) is 24.1 Å². The van der Waals surface area contributed by atoms with E-state index in [0.29, 0.717) is 37.9 Å². The molecule has 2 unspecified atom stereocenters. The molecule has 6 aliphatic rings. The standard InChI is InChI=1S/C43H68N2O7/c1-26(2)35-29(47)23-43(32(48)25-44-19-21-45(22-20-44)27(3)46)18-17-41(9)28(36(35)43)11-12-31-40(8)15-14-33(52-34(49)24-38(4,5)37(50)51)39(6,7)30(40)13-16-42(31,41)10/h26,28,30-33,48H,11-25H2,1-10H3,(H,50,51)/t28?,30-,31+,32+,33?,40-,41+,42+,43-/m0/s1. The maximum atomic E-state index is 14.1. The summed E-state index contributed by atoms with van der Waals surface area (Å²) in [6.07, 6.45) is 7.19. The molecule has 9 atom stereocenters. The molecule has 1 amide bonds. The van der Waals surface area contributed by atoms with E-state index in [0.717, 1.165) is 70.0 Å². The Hall–Kier alpha value is -2.26. The average molecular weight is 725 g/mol. The van der Waals surface area contributed by atoms with E-state index in [1.54, 1.807) is 20.8 Å². The molecule has 9 heteroatoms. The molecule has 52 heavy (non-hydrogen) atoms. The van der Waals surface area contributed by atoms with Gasteiger partial charge >= 0.3 is 11.9 Å². The molecule has 1 heterocycles. The van der Waals surface area contributed by atoms with E-state index in [1.165, 1.54) is 5.57 Å². The van der Waals surface area contributed by atoms with E-state index in [4.69, 9.17) is 4.74 Å². The number of carbonyl (C=O) groups excluding carboxylic acids is 3. The SMILES string of the molecule is CC(=O)N1CCN(C[C@@H](O)[C@@]23CC[C@]4(C)C(CC[C@@H]5[C@@]6(C)CCC(OC(=O)CC(C)(C)C(=O)O)C(C)(C)[C@@H]6CC[C@]54C)C2=C(C(C)C)C(=O)C3)CC1. The Morgan fingerprint density at radius 3 is 2.13 bits per heavy atom. The molecule has 5 fully saturated rings. The van der Waals surface area contributed by atoms with Crippen LogP contribution in [0.4, 0.5) is 0 Å². The number of carboxylic acid groups (broad SMARTS) is 1. The van der Waals surface area contributed by atoms with Gasteiger partial charge in [-0.1, -0.05) is 54.0 Å². The minimum absolute atomic E-state index is 0.0177. The van der Waals surface area contributed by atoms with Crippen molar-refractivity contribution in [1.82, 2.24) is 9.80 Å². The number of amides is 1. The zero-order valence-corrected chi connectivity index (χ0v) is 33.9. The third-order valence-electron chi connectivity index (χ3n) is 16.7. The van der Waals surface area contributed by atoms with Crippen molar-refractivity contribution in [2.45, 2.75) is 146 Å². The molecule has 4 saturated carbocycles. The largest absolute Gasteiger partial charge is 0.481 e. The van der Waals surface area contributed by atoms with E-state index in [-0.39, 0.29) is 57.7 Å². The van der Waals surface area contributed by atoms with Crippen LogP contribution in [0.5, 0.6) is 0 Å². The number of hydrogen-bond acceptors (Lipinski definition) is 7. The quantitative estimate of drug-likeness (QED) is 0.259. The Bertz CT molecular complexity index is 1510. The third kappa shape index (κ3) is 5.92. The summed E-state index contributed by atoms with van der Waals surface area (Å²) >= 11 is 0. The highest BCUT2D eigenvalue weighted by Gasteiger charge is 2.71. The van der Waals surface area contributed by atoms with Gasteiger partial charge in [0.25, 0.3) is 0 Å². The number of fused-ring (bicyclic) bond motifs is 7. The van der Waals surface area contributed by atoms with Gasteiger partial charge in [0.1, 0.15) is 6.10 Å². The minimum atomic E-state index is -1.17. The molecule has 0 aromatic rings. The van der Waals surface area contributed by atoms with Gasteiger partial charge in [-0.05, 0) is 111 Å². The Kier molecular flexibility index (Phi) is 10.0. The molecule has 5 aliphatic carbocycles. The van der Waals surface area contributed by atoms with Crippen LogP contribution in [0.15, 0.2) is 11.1 Å². The summed E-state index contributed by atoms with van der Waals surface area (Å²) in [5.74, 6) is 0.125. The first-order chi connectivity index (χ1) is 24.0. The van der Waals surface area contributed by atoms with Crippen molar-refractivity contribution >= 4 is 23.6 Å². The van der Waals surface area contributed by atoms with Crippen LogP contribution in [0.2, 0.25) is 0 Å². The summed E-state index contributed by atoms with van der Waals surface area (Å²) < 4.78 is 6.16. The number of esters is 1. The van der Waals surface area contributed by atoms with Crippen LogP contribution in [0, 0.1) is 56.2 Å². The number of aliphatic hydroxyl groups is 1. The highest BCUT2D eigenvalue weighted by Crippen LogP contribution is 2.77. The fourth-order valence-corrected chi connectivity index (χ4v) is 13.6. The van der Waals surface area contributed by atoms with Crippen molar-refractivity contribution in [2.75, 3.05) is 32.7 Å². The van der Waals surface area contributed by atoms with Gasteiger partial charge in [0.2, 0.25) is 5.91 Å². The lowest BCUT2D eigenvalue weighted by Crippen LogP contribution is -2.66. The lowest BCUT2D eigenvalue weighted by molar-refractivity contribution is -0.235. The van der Waals surface area contributed by atoms with Crippen LogP contribution in [0.1, 0.15) is 133 Å². The molecule has 1 saturated heterocycles. The molecule has 0 aromatic carbocycles. The molecule has 1 aliphatic heterocycles. The number of carboxylic acids is 1. The van der Waals surface area contributed by atoms with Crippen molar-refractivity contribution < 1.29 is 34.1 Å². The predicted molar refractivity (Wildman–Crippen MR) is 200 cm³/mol. The number of ketones is 1. The van der Waals surface area contributed by atoms with Crippen LogP contribution in [0.3, 0.4) is 0 Å². The summed E-state index contributed by atoms with van der Waals surface area (Å²) in [7, 11) is 0. The molecule has 0 radical (unpaired) electrons. The Morgan fingerprint density at radius 2 is 1.54 bits per heavy atom. The van der Waals surface area contributed by atoms with E-state index >= 15 is 0 Å². The Balaban J connectivity index is 1.27. The fraction of sp³-hybridized carbons (Fsp3) is 0.860. The maximum absolute atomic E-state index is 14.1. The molecule has 2 N–H and O–H groups in total. The number of allylic oxidation sites excluding steroid dienone is 1. The predicted octanol–water partition coefficient (Wildman–Crippen LogP) is 6.90. The van der Waals surface area contributed by atoms with Gasteiger partial charge in [0.15, 0.2) is 5.78 Å². The number of hydrogen-bond donors (Lipinski definition) is 2. The second-order valence-electron chi connectivity index (χ2n) is 20.4. The highest BCUT2D eigenvalue weighted by molar-refractivity contribution is 6.00. The molecule has 6 rings (SSSR count). The van der Waals surface area contributed by atoms with Crippen molar-refractivity contribution in [3.8, 4) is 0 Å². The van der Waals surface area contributed by atoms with Gasteiger partial charge in [0, 0.05) is 56.9 Å². The lowest BCUT2D eigenvalue weighted by Gasteiger charge is -2.72.